The van der Waals surface area contributed by atoms with Crippen LogP contribution < -0.4 is 10.6 Å². The molecule has 1 fully saturated rings. The number of carbonyl (C=O) groups excluding carboxylic acids is 3. The third kappa shape index (κ3) is 4.32. The molecule has 0 aliphatic carbocycles. The van der Waals surface area contributed by atoms with Crippen LogP contribution in [-0.2, 0) is 22.6 Å². The van der Waals surface area contributed by atoms with E-state index >= 15 is 0 Å². The molecule has 154 valence electrons. The Hall–Kier alpha value is -3.68. The second-order valence-electron chi connectivity index (χ2n) is 7.27. The number of aromatic nitrogens is 2. The van der Waals surface area contributed by atoms with Crippen LogP contribution in [0.15, 0.2) is 55.0 Å². The van der Waals surface area contributed by atoms with Crippen molar-refractivity contribution < 1.29 is 14.4 Å². The molecule has 1 saturated heterocycles. The number of para-hydroxylation sites is 1. The summed E-state index contributed by atoms with van der Waals surface area (Å²) in [7, 11) is 0. The average molecular weight is 405 g/mol. The Balaban J connectivity index is 1.26. The molecule has 3 aromatic rings. The third-order valence-corrected chi connectivity index (χ3v) is 5.29. The zero-order chi connectivity index (χ0) is 20.9. The van der Waals surface area contributed by atoms with Crippen LogP contribution in [0, 0.1) is 0 Å². The van der Waals surface area contributed by atoms with Crippen molar-refractivity contribution in [1.82, 2.24) is 25.5 Å². The molecule has 30 heavy (non-hydrogen) atoms. The van der Waals surface area contributed by atoms with E-state index in [1.165, 1.54) is 4.90 Å². The second-order valence-corrected chi connectivity index (χ2v) is 7.27. The number of H-pyrrole nitrogens is 1. The first-order chi connectivity index (χ1) is 14.6. The molecule has 1 aromatic carbocycles. The van der Waals surface area contributed by atoms with Gasteiger partial charge in [0.05, 0.1) is 0 Å². The molecule has 1 aliphatic rings. The highest BCUT2D eigenvalue weighted by atomic mass is 16.2. The summed E-state index contributed by atoms with van der Waals surface area (Å²) in [4.78, 5) is 45.3. The molecule has 0 radical (unpaired) electrons. The van der Waals surface area contributed by atoms with E-state index < -0.39 is 12.1 Å². The van der Waals surface area contributed by atoms with Gasteiger partial charge in [0.2, 0.25) is 5.91 Å². The van der Waals surface area contributed by atoms with E-state index in [1.54, 1.807) is 12.4 Å². The first-order valence-corrected chi connectivity index (χ1v) is 9.94. The van der Waals surface area contributed by atoms with Gasteiger partial charge in [0.1, 0.15) is 6.04 Å². The average Bonchev–Trinajstić information content (AvgIpc) is 3.30. The Kier molecular flexibility index (Phi) is 5.74. The zero-order valence-corrected chi connectivity index (χ0v) is 16.4. The third-order valence-electron chi connectivity index (χ3n) is 5.29. The Labute approximate surface area is 173 Å². The Morgan fingerprint density at radius 1 is 1.13 bits per heavy atom. The number of rotatable bonds is 8. The number of urea groups is 1. The van der Waals surface area contributed by atoms with Crippen LogP contribution in [0.5, 0.6) is 0 Å². The Bertz CT molecular complexity index is 1060. The molecule has 3 heterocycles. The van der Waals surface area contributed by atoms with E-state index in [4.69, 9.17) is 0 Å². The molecule has 0 bridgehead atoms. The van der Waals surface area contributed by atoms with Crippen molar-refractivity contribution in [2.75, 3.05) is 6.54 Å². The Morgan fingerprint density at radius 3 is 2.77 bits per heavy atom. The quantitative estimate of drug-likeness (QED) is 0.499. The van der Waals surface area contributed by atoms with Gasteiger partial charge in [-0.3, -0.25) is 19.5 Å². The van der Waals surface area contributed by atoms with Crippen LogP contribution in [0.4, 0.5) is 4.79 Å². The van der Waals surface area contributed by atoms with Gasteiger partial charge in [-0.15, -0.1) is 0 Å². The SMILES string of the molecule is O=C(CC[C@@H]1NC(=O)N(CCc2c[nH]c3ccccc23)C1=O)NCc1ccncc1. The van der Waals surface area contributed by atoms with Gasteiger partial charge in [-0.05, 0) is 42.2 Å². The standard InChI is InChI=1S/C22H23N5O3/c28-20(25-13-15-7-10-23-11-8-15)6-5-19-21(29)27(22(30)26-19)12-9-16-14-24-18-4-2-1-3-17(16)18/h1-4,7-8,10-11,14,19,24H,5-6,9,12-13H2,(H,25,28)(H,26,30)/t19-/m0/s1. The van der Waals surface area contributed by atoms with Crippen LogP contribution in [0.2, 0.25) is 0 Å². The molecule has 1 atom stereocenters. The molecule has 0 unspecified atom stereocenters. The van der Waals surface area contributed by atoms with Crippen molar-refractivity contribution in [1.29, 1.82) is 0 Å². The fourth-order valence-electron chi connectivity index (χ4n) is 3.62. The molecule has 1 aliphatic heterocycles. The highest BCUT2D eigenvalue weighted by Gasteiger charge is 2.37. The summed E-state index contributed by atoms with van der Waals surface area (Å²) in [6.07, 6.45) is 6.25. The fourth-order valence-corrected chi connectivity index (χ4v) is 3.62. The number of benzene rings is 1. The number of nitrogens with zero attached hydrogens (tertiary/aromatic N) is 2. The van der Waals surface area contributed by atoms with Gasteiger partial charge in [0.15, 0.2) is 0 Å². The molecule has 8 nitrogen and oxygen atoms in total. The number of imide groups is 1. The summed E-state index contributed by atoms with van der Waals surface area (Å²) in [5.41, 5.74) is 3.04. The van der Waals surface area contributed by atoms with E-state index in [-0.39, 0.29) is 24.7 Å². The molecule has 2 aromatic heterocycles. The lowest BCUT2D eigenvalue weighted by Crippen LogP contribution is -2.33. The monoisotopic (exact) mass is 405 g/mol. The lowest BCUT2D eigenvalue weighted by molar-refractivity contribution is -0.127. The van der Waals surface area contributed by atoms with E-state index in [2.05, 4.69) is 20.6 Å². The normalized spacial score (nSPS) is 16.1. The smallest absolute Gasteiger partial charge is 0.324 e. The van der Waals surface area contributed by atoms with Gasteiger partial charge in [-0.2, -0.15) is 0 Å². The van der Waals surface area contributed by atoms with Crippen molar-refractivity contribution in [2.24, 2.45) is 0 Å². The van der Waals surface area contributed by atoms with E-state index in [0.29, 0.717) is 19.5 Å². The van der Waals surface area contributed by atoms with E-state index in [1.807, 2.05) is 42.6 Å². The number of pyridine rings is 1. The maximum Gasteiger partial charge on any atom is 0.324 e. The summed E-state index contributed by atoms with van der Waals surface area (Å²) >= 11 is 0. The highest BCUT2D eigenvalue weighted by molar-refractivity contribution is 6.04. The van der Waals surface area contributed by atoms with E-state index in [9.17, 15) is 14.4 Å². The lowest BCUT2D eigenvalue weighted by atomic mass is 10.1. The summed E-state index contributed by atoms with van der Waals surface area (Å²) in [5.74, 6) is -0.437. The van der Waals surface area contributed by atoms with Gasteiger partial charge >= 0.3 is 6.03 Å². The zero-order valence-electron chi connectivity index (χ0n) is 16.4. The molecule has 0 saturated carbocycles. The van der Waals surface area contributed by atoms with Crippen molar-refractivity contribution in [3.63, 3.8) is 0 Å². The van der Waals surface area contributed by atoms with Crippen molar-refractivity contribution >= 4 is 28.7 Å². The Morgan fingerprint density at radius 2 is 1.93 bits per heavy atom. The van der Waals surface area contributed by atoms with Gasteiger partial charge in [0.25, 0.3) is 5.91 Å². The second kappa shape index (κ2) is 8.77. The lowest BCUT2D eigenvalue weighted by Gasteiger charge is -2.12. The summed E-state index contributed by atoms with van der Waals surface area (Å²) < 4.78 is 0. The maximum absolute atomic E-state index is 12.6. The van der Waals surface area contributed by atoms with Crippen LogP contribution in [-0.4, -0.2) is 45.3 Å². The summed E-state index contributed by atoms with van der Waals surface area (Å²) in [5, 5.41) is 6.59. The van der Waals surface area contributed by atoms with Gasteiger partial charge in [0, 0.05) is 49.0 Å². The van der Waals surface area contributed by atoms with Gasteiger partial charge < -0.3 is 15.6 Å². The molecule has 0 spiro atoms. The fraction of sp³-hybridized carbons (Fsp3) is 0.273. The van der Waals surface area contributed by atoms with Crippen molar-refractivity contribution in [2.45, 2.75) is 31.8 Å². The first-order valence-electron chi connectivity index (χ1n) is 9.94. The molecular formula is C22H23N5O3. The summed E-state index contributed by atoms with van der Waals surface area (Å²) in [6, 6.07) is 10.5. The van der Waals surface area contributed by atoms with Gasteiger partial charge in [-0.25, -0.2) is 4.79 Å². The van der Waals surface area contributed by atoms with Crippen molar-refractivity contribution in [3.8, 4) is 0 Å². The van der Waals surface area contributed by atoms with Gasteiger partial charge in [-0.1, -0.05) is 18.2 Å². The predicted molar refractivity (Wildman–Crippen MR) is 111 cm³/mol. The number of hydrogen-bond acceptors (Lipinski definition) is 4. The first kappa shape index (κ1) is 19.6. The molecule has 3 N–H and O–H groups in total. The van der Waals surface area contributed by atoms with Crippen LogP contribution in [0.25, 0.3) is 10.9 Å². The largest absolute Gasteiger partial charge is 0.361 e. The molecule has 4 rings (SSSR count). The number of hydrogen-bond donors (Lipinski definition) is 3. The highest BCUT2D eigenvalue weighted by Crippen LogP contribution is 2.19. The molecule has 8 heteroatoms. The number of fused-ring (bicyclic) bond motifs is 1. The minimum atomic E-state index is -0.660. The van der Waals surface area contributed by atoms with Crippen LogP contribution in [0.3, 0.4) is 0 Å². The topological polar surface area (TPSA) is 107 Å². The van der Waals surface area contributed by atoms with Crippen LogP contribution in [0.1, 0.15) is 24.0 Å². The van der Waals surface area contributed by atoms with Crippen LogP contribution >= 0.6 is 0 Å². The number of nitrogens with one attached hydrogen (secondary N) is 3. The number of carbonyl (C=O) groups is 3. The maximum atomic E-state index is 12.6. The van der Waals surface area contributed by atoms with E-state index in [0.717, 1.165) is 22.0 Å². The molecular weight excluding hydrogens is 382 g/mol. The predicted octanol–water partition coefficient (Wildman–Crippen LogP) is 2.12. The summed E-state index contributed by atoms with van der Waals surface area (Å²) in [6.45, 7) is 0.709. The number of aromatic amines is 1. The molecule has 4 amide bonds. The number of amides is 4. The van der Waals surface area contributed by atoms with Crippen molar-refractivity contribution in [3.05, 3.63) is 66.1 Å². The minimum Gasteiger partial charge on any atom is -0.361 e. The minimum absolute atomic E-state index is 0.161.